The molecule has 0 bridgehead atoms. The molecule has 4 aromatic rings. The molecule has 32 heavy (non-hydrogen) atoms. The van der Waals surface area contributed by atoms with E-state index < -0.39 is 0 Å². The van der Waals surface area contributed by atoms with Crippen molar-refractivity contribution >= 4 is 34.2 Å². The smallest absolute Gasteiger partial charge is 0.147 e. The van der Waals surface area contributed by atoms with Gasteiger partial charge < -0.3 is 14.0 Å². The fourth-order valence-electron chi connectivity index (χ4n) is 3.74. The highest BCUT2D eigenvalue weighted by Crippen LogP contribution is 2.28. The van der Waals surface area contributed by atoms with Crippen LogP contribution < -0.4 is 9.47 Å². The molecule has 4 nitrogen and oxygen atoms in total. The van der Waals surface area contributed by atoms with Gasteiger partial charge in [-0.1, -0.05) is 53.0 Å². The van der Waals surface area contributed by atoms with Gasteiger partial charge in [0.1, 0.15) is 23.9 Å². The average molecular weight is 469 g/mol. The highest BCUT2D eigenvalue weighted by Gasteiger charge is 2.12. The van der Waals surface area contributed by atoms with Crippen LogP contribution in [0.3, 0.4) is 0 Å². The predicted octanol–water partition coefficient (Wildman–Crippen LogP) is 7.40. The molecule has 0 saturated carbocycles. The first kappa shape index (κ1) is 22.5. The second-order valence-electron chi connectivity index (χ2n) is 7.86. The molecule has 0 aliphatic heterocycles. The summed E-state index contributed by atoms with van der Waals surface area (Å²) in [5, 5.41) is 1.07. The van der Waals surface area contributed by atoms with Crippen molar-refractivity contribution in [3.63, 3.8) is 0 Å². The molecule has 1 aromatic heterocycles. The van der Waals surface area contributed by atoms with Crippen LogP contribution in [-0.4, -0.2) is 16.2 Å². The van der Waals surface area contributed by atoms with Crippen molar-refractivity contribution < 1.29 is 9.47 Å². The Balaban J connectivity index is 1.40. The molecular weight excluding hydrogens is 443 g/mol. The number of hydrogen-bond donors (Lipinski definition) is 0. The van der Waals surface area contributed by atoms with E-state index in [2.05, 4.69) is 36.6 Å². The van der Waals surface area contributed by atoms with E-state index in [9.17, 15) is 0 Å². The van der Waals surface area contributed by atoms with Gasteiger partial charge in [-0.3, -0.25) is 0 Å². The van der Waals surface area contributed by atoms with Crippen LogP contribution in [0.1, 0.15) is 29.8 Å². The summed E-state index contributed by atoms with van der Waals surface area (Å²) in [5.41, 5.74) is 4.48. The average Bonchev–Trinajstić information content (AvgIpc) is 3.12. The van der Waals surface area contributed by atoms with E-state index in [1.165, 1.54) is 11.1 Å². The zero-order valence-corrected chi connectivity index (χ0v) is 19.8. The largest absolute Gasteiger partial charge is 0.493 e. The summed E-state index contributed by atoms with van der Waals surface area (Å²) < 4.78 is 14.2. The predicted molar refractivity (Wildman–Crippen MR) is 131 cm³/mol. The zero-order valence-electron chi connectivity index (χ0n) is 18.3. The Labute approximate surface area is 198 Å². The Morgan fingerprint density at radius 3 is 2.50 bits per heavy atom. The van der Waals surface area contributed by atoms with Gasteiger partial charge >= 0.3 is 0 Å². The summed E-state index contributed by atoms with van der Waals surface area (Å²) in [6.07, 6.45) is 1.92. The minimum Gasteiger partial charge on any atom is -0.493 e. The van der Waals surface area contributed by atoms with Crippen molar-refractivity contribution in [2.75, 3.05) is 6.61 Å². The number of fused-ring (bicyclic) bond motifs is 1. The van der Waals surface area contributed by atoms with Crippen molar-refractivity contribution in [1.82, 2.24) is 9.55 Å². The third kappa shape index (κ3) is 5.37. The van der Waals surface area contributed by atoms with Crippen LogP contribution in [0.15, 0.2) is 60.7 Å². The monoisotopic (exact) mass is 468 g/mol. The molecule has 0 atom stereocenters. The lowest BCUT2D eigenvalue weighted by Crippen LogP contribution is -2.09. The van der Waals surface area contributed by atoms with Crippen LogP contribution in [0.5, 0.6) is 11.5 Å². The molecule has 0 aliphatic carbocycles. The maximum Gasteiger partial charge on any atom is 0.147 e. The van der Waals surface area contributed by atoms with Gasteiger partial charge in [-0.05, 0) is 68.7 Å². The number of unbranched alkanes of at least 4 members (excludes halogenated alkanes) is 1. The van der Waals surface area contributed by atoms with Gasteiger partial charge in [0, 0.05) is 11.6 Å². The lowest BCUT2D eigenvalue weighted by atomic mass is 10.1. The van der Waals surface area contributed by atoms with Crippen molar-refractivity contribution in [3.8, 4) is 11.5 Å². The molecule has 166 valence electrons. The van der Waals surface area contributed by atoms with Crippen molar-refractivity contribution in [2.24, 2.45) is 0 Å². The van der Waals surface area contributed by atoms with Gasteiger partial charge in [0.15, 0.2) is 0 Å². The molecule has 0 N–H and O–H groups in total. The Morgan fingerprint density at radius 2 is 1.69 bits per heavy atom. The third-order valence-electron chi connectivity index (χ3n) is 5.35. The molecule has 0 aliphatic rings. The Hall–Kier alpha value is -2.69. The fraction of sp³-hybridized carbons (Fsp3) is 0.269. The summed E-state index contributed by atoms with van der Waals surface area (Å²) in [6, 6.07) is 19.6. The van der Waals surface area contributed by atoms with E-state index in [1.54, 1.807) is 18.2 Å². The SMILES string of the molecule is Cc1ccc(OCCCCn2c(COc3ccc(Cl)cc3Cl)nc3ccccc32)c(C)c1. The molecule has 0 saturated heterocycles. The zero-order chi connectivity index (χ0) is 22.5. The minimum absolute atomic E-state index is 0.328. The first-order valence-electron chi connectivity index (χ1n) is 10.7. The molecule has 0 spiro atoms. The topological polar surface area (TPSA) is 36.3 Å². The molecule has 3 aromatic carbocycles. The van der Waals surface area contributed by atoms with Gasteiger partial charge in [0.25, 0.3) is 0 Å². The highest BCUT2D eigenvalue weighted by molar-refractivity contribution is 6.35. The maximum atomic E-state index is 6.25. The molecule has 0 radical (unpaired) electrons. The molecule has 1 heterocycles. The lowest BCUT2D eigenvalue weighted by molar-refractivity contribution is 0.285. The van der Waals surface area contributed by atoms with Crippen LogP contribution in [0.4, 0.5) is 0 Å². The van der Waals surface area contributed by atoms with Crippen LogP contribution in [-0.2, 0) is 13.2 Å². The lowest BCUT2D eigenvalue weighted by Gasteiger charge is -2.12. The molecule has 4 rings (SSSR count). The number of benzene rings is 3. The van der Waals surface area contributed by atoms with E-state index in [-0.39, 0.29) is 0 Å². The van der Waals surface area contributed by atoms with E-state index >= 15 is 0 Å². The maximum absolute atomic E-state index is 6.25. The first-order chi connectivity index (χ1) is 15.5. The second-order valence-corrected chi connectivity index (χ2v) is 8.70. The number of imidazole rings is 1. The van der Waals surface area contributed by atoms with E-state index in [1.807, 2.05) is 24.3 Å². The van der Waals surface area contributed by atoms with Gasteiger partial charge in [-0.15, -0.1) is 0 Å². The molecule has 6 heteroatoms. The minimum atomic E-state index is 0.328. The molecule has 0 amide bonds. The van der Waals surface area contributed by atoms with Crippen LogP contribution in [0.25, 0.3) is 11.0 Å². The summed E-state index contributed by atoms with van der Waals surface area (Å²) in [5.74, 6) is 2.42. The van der Waals surface area contributed by atoms with Crippen molar-refractivity contribution in [3.05, 3.63) is 87.7 Å². The van der Waals surface area contributed by atoms with E-state index in [0.717, 1.165) is 42.0 Å². The third-order valence-corrected chi connectivity index (χ3v) is 5.88. The summed E-state index contributed by atoms with van der Waals surface area (Å²) >= 11 is 12.2. The highest BCUT2D eigenvalue weighted by atomic mass is 35.5. The quantitative estimate of drug-likeness (QED) is 0.240. The summed E-state index contributed by atoms with van der Waals surface area (Å²) in [4.78, 5) is 4.78. The number of aryl methyl sites for hydroxylation is 3. The normalized spacial score (nSPS) is 11.1. The van der Waals surface area contributed by atoms with E-state index in [4.69, 9.17) is 37.7 Å². The number of nitrogens with zero attached hydrogens (tertiary/aromatic N) is 2. The summed E-state index contributed by atoms with van der Waals surface area (Å²) in [7, 11) is 0. The summed E-state index contributed by atoms with van der Waals surface area (Å²) in [6.45, 7) is 6.02. The number of para-hydroxylation sites is 2. The van der Waals surface area contributed by atoms with Gasteiger partial charge in [0.05, 0.1) is 22.7 Å². The number of aromatic nitrogens is 2. The van der Waals surface area contributed by atoms with Gasteiger partial charge in [0.2, 0.25) is 0 Å². The second kappa shape index (κ2) is 10.3. The van der Waals surface area contributed by atoms with Crippen LogP contribution in [0.2, 0.25) is 10.0 Å². The van der Waals surface area contributed by atoms with E-state index in [0.29, 0.717) is 29.0 Å². The fourth-order valence-corrected chi connectivity index (χ4v) is 4.20. The number of halogens is 2. The number of rotatable bonds is 9. The van der Waals surface area contributed by atoms with Crippen molar-refractivity contribution in [1.29, 1.82) is 0 Å². The van der Waals surface area contributed by atoms with Crippen LogP contribution in [0, 0.1) is 13.8 Å². The van der Waals surface area contributed by atoms with Crippen LogP contribution >= 0.6 is 23.2 Å². The Kier molecular flexibility index (Phi) is 7.23. The van der Waals surface area contributed by atoms with Crippen molar-refractivity contribution in [2.45, 2.75) is 39.8 Å². The Bertz CT molecular complexity index is 1220. The molecule has 0 fully saturated rings. The molecule has 0 unspecified atom stereocenters. The van der Waals surface area contributed by atoms with Gasteiger partial charge in [-0.25, -0.2) is 4.98 Å². The Morgan fingerprint density at radius 1 is 0.875 bits per heavy atom. The molecular formula is C26H26Cl2N2O2. The van der Waals surface area contributed by atoms with Gasteiger partial charge in [-0.2, -0.15) is 0 Å². The number of hydrogen-bond acceptors (Lipinski definition) is 3. The standard InChI is InChI=1S/C26H26Cl2N2O2/c1-18-9-11-24(19(2)15-18)31-14-6-5-13-30-23-8-4-3-7-22(23)29-26(30)17-32-25-12-10-20(27)16-21(25)28/h3-4,7-12,15-16H,5-6,13-14,17H2,1-2H3. The first-order valence-corrected chi connectivity index (χ1v) is 11.5. The number of ether oxygens (including phenoxy) is 2.